The second kappa shape index (κ2) is 8.03. The molecule has 0 aliphatic heterocycles. The van der Waals surface area contributed by atoms with Gasteiger partial charge in [-0.3, -0.25) is 9.59 Å². The Morgan fingerprint density at radius 1 is 1.04 bits per heavy atom. The third kappa shape index (κ3) is 5.50. The number of amides is 2. The minimum absolute atomic E-state index is 0.00321. The molecule has 3 rings (SSSR count). The molecule has 0 heterocycles. The van der Waals surface area contributed by atoms with E-state index in [9.17, 15) is 9.59 Å². The van der Waals surface area contributed by atoms with Crippen molar-refractivity contribution in [3.05, 3.63) is 64.7 Å². The van der Waals surface area contributed by atoms with E-state index in [2.05, 4.69) is 10.6 Å². The van der Waals surface area contributed by atoms with Crippen molar-refractivity contribution in [3.8, 4) is 5.75 Å². The second-order valence-corrected chi connectivity index (χ2v) is 6.40. The summed E-state index contributed by atoms with van der Waals surface area (Å²) in [5.41, 5.74) is 1.45. The highest BCUT2D eigenvalue weighted by atomic mass is 35.5. The number of nitrogens with one attached hydrogen (secondary N) is 2. The van der Waals surface area contributed by atoms with E-state index in [1.165, 1.54) is 0 Å². The van der Waals surface area contributed by atoms with Crippen molar-refractivity contribution < 1.29 is 14.3 Å². The molecule has 2 aromatic carbocycles. The van der Waals surface area contributed by atoms with E-state index in [0.717, 1.165) is 24.2 Å². The summed E-state index contributed by atoms with van der Waals surface area (Å²) in [6, 6.07) is 14.5. The third-order valence-electron chi connectivity index (χ3n) is 3.79. The first-order valence-corrected chi connectivity index (χ1v) is 8.53. The Bertz CT molecular complexity index is 740. The molecular weight excluding hydrogens is 340 g/mol. The summed E-state index contributed by atoms with van der Waals surface area (Å²) in [6.45, 7) is 0.393. The number of hydrogen-bond acceptors (Lipinski definition) is 3. The van der Waals surface area contributed by atoms with E-state index < -0.39 is 0 Å². The number of halogens is 1. The fourth-order valence-corrected chi connectivity index (χ4v) is 2.34. The van der Waals surface area contributed by atoms with Gasteiger partial charge >= 0.3 is 0 Å². The molecule has 2 N–H and O–H groups in total. The van der Waals surface area contributed by atoms with E-state index >= 15 is 0 Å². The number of carbonyl (C=O) groups excluding carboxylic acids is 2. The fraction of sp³-hybridized carbons (Fsp3) is 0.263. The van der Waals surface area contributed by atoms with Crippen molar-refractivity contribution in [3.63, 3.8) is 0 Å². The molecule has 0 radical (unpaired) electrons. The first-order valence-electron chi connectivity index (χ1n) is 8.15. The van der Waals surface area contributed by atoms with E-state index in [1.54, 1.807) is 36.4 Å². The zero-order valence-electron chi connectivity index (χ0n) is 13.6. The molecule has 0 spiro atoms. The van der Waals surface area contributed by atoms with Crippen molar-refractivity contribution >= 4 is 23.4 Å². The largest absolute Gasteiger partial charge is 0.489 e. The van der Waals surface area contributed by atoms with E-state index in [4.69, 9.17) is 16.3 Å². The average Bonchev–Trinajstić information content (AvgIpc) is 3.43. The lowest BCUT2D eigenvalue weighted by Crippen LogP contribution is -2.37. The van der Waals surface area contributed by atoms with Gasteiger partial charge in [-0.25, -0.2) is 0 Å². The Morgan fingerprint density at radius 2 is 1.72 bits per heavy atom. The van der Waals surface area contributed by atoms with Crippen molar-refractivity contribution in [1.29, 1.82) is 0 Å². The van der Waals surface area contributed by atoms with Crippen molar-refractivity contribution in [2.24, 2.45) is 0 Å². The number of hydrogen-bond donors (Lipinski definition) is 2. The predicted molar refractivity (Wildman–Crippen MR) is 95.7 cm³/mol. The summed E-state index contributed by atoms with van der Waals surface area (Å²) < 4.78 is 5.66. The Balaban J connectivity index is 1.46. The zero-order chi connectivity index (χ0) is 17.6. The maximum absolute atomic E-state index is 12.0. The van der Waals surface area contributed by atoms with E-state index in [-0.39, 0.29) is 18.4 Å². The lowest BCUT2D eigenvalue weighted by Gasteiger charge is -2.08. The van der Waals surface area contributed by atoms with Gasteiger partial charge in [0.15, 0.2) is 0 Å². The van der Waals surface area contributed by atoms with Gasteiger partial charge in [0.2, 0.25) is 5.91 Å². The number of benzene rings is 2. The van der Waals surface area contributed by atoms with Gasteiger partial charge in [-0.15, -0.1) is 0 Å². The zero-order valence-corrected chi connectivity index (χ0v) is 14.4. The fourth-order valence-electron chi connectivity index (χ4n) is 2.22. The van der Waals surface area contributed by atoms with Crippen LogP contribution in [0.5, 0.6) is 5.75 Å². The second-order valence-electron chi connectivity index (χ2n) is 5.96. The third-order valence-corrected chi connectivity index (χ3v) is 4.04. The average molecular weight is 359 g/mol. The van der Waals surface area contributed by atoms with E-state index in [1.807, 2.05) is 12.1 Å². The highest BCUT2D eigenvalue weighted by molar-refractivity contribution is 6.30. The maximum atomic E-state index is 12.0. The first-order chi connectivity index (χ1) is 12.1. The molecule has 1 aliphatic carbocycles. The van der Waals surface area contributed by atoms with Crippen LogP contribution in [0.1, 0.15) is 28.8 Å². The van der Waals surface area contributed by atoms with Gasteiger partial charge in [-0.1, -0.05) is 23.7 Å². The Labute approximate surface area is 151 Å². The summed E-state index contributed by atoms with van der Waals surface area (Å²) >= 11 is 5.83. The summed E-state index contributed by atoms with van der Waals surface area (Å²) in [5, 5.41) is 6.11. The molecule has 6 heteroatoms. The molecule has 25 heavy (non-hydrogen) atoms. The SMILES string of the molecule is O=C(CNC(=O)c1ccc(COc2ccc(Cl)cc2)cc1)NC1CC1. The highest BCUT2D eigenvalue weighted by Crippen LogP contribution is 2.18. The first kappa shape index (κ1) is 17.3. The molecule has 0 bridgehead atoms. The number of ether oxygens (including phenoxy) is 1. The predicted octanol–water partition coefficient (Wildman–Crippen LogP) is 2.93. The van der Waals surface area contributed by atoms with Gasteiger partial charge < -0.3 is 15.4 Å². The molecule has 1 aliphatic rings. The molecule has 1 fully saturated rings. The van der Waals surface area contributed by atoms with Crippen LogP contribution in [0.2, 0.25) is 5.02 Å². The quantitative estimate of drug-likeness (QED) is 0.799. The lowest BCUT2D eigenvalue weighted by atomic mass is 10.1. The topological polar surface area (TPSA) is 67.4 Å². The molecule has 130 valence electrons. The molecule has 0 atom stereocenters. The Hall–Kier alpha value is -2.53. The minimum atomic E-state index is -0.267. The van der Waals surface area contributed by atoms with Crippen LogP contribution >= 0.6 is 11.6 Å². The summed E-state index contributed by atoms with van der Waals surface area (Å²) in [6.07, 6.45) is 2.05. The molecule has 1 saturated carbocycles. The summed E-state index contributed by atoms with van der Waals surface area (Å²) in [7, 11) is 0. The normalized spacial score (nSPS) is 13.2. The summed E-state index contributed by atoms with van der Waals surface area (Å²) in [4.78, 5) is 23.6. The Kier molecular flexibility index (Phi) is 5.56. The van der Waals surface area contributed by atoms with Crippen molar-refractivity contribution in [2.45, 2.75) is 25.5 Å². The van der Waals surface area contributed by atoms with Crippen molar-refractivity contribution in [2.75, 3.05) is 6.54 Å². The Morgan fingerprint density at radius 3 is 2.36 bits per heavy atom. The van der Waals surface area contributed by atoms with Gasteiger partial charge in [0.1, 0.15) is 12.4 Å². The van der Waals surface area contributed by atoms with Crippen LogP contribution in [0.4, 0.5) is 0 Å². The number of rotatable bonds is 7. The highest BCUT2D eigenvalue weighted by Gasteiger charge is 2.23. The van der Waals surface area contributed by atoms with Gasteiger partial charge in [0.05, 0.1) is 6.54 Å². The smallest absolute Gasteiger partial charge is 0.251 e. The van der Waals surface area contributed by atoms with Crippen molar-refractivity contribution in [1.82, 2.24) is 10.6 Å². The van der Waals surface area contributed by atoms with Crippen LogP contribution in [0.15, 0.2) is 48.5 Å². The van der Waals surface area contributed by atoms with Gasteiger partial charge in [0.25, 0.3) is 5.91 Å². The van der Waals surface area contributed by atoms with Gasteiger partial charge in [-0.05, 0) is 54.8 Å². The van der Waals surface area contributed by atoms with E-state index in [0.29, 0.717) is 23.2 Å². The van der Waals surface area contributed by atoms with Crippen LogP contribution in [-0.4, -0.2) is 24.4 Å². The monoisotopic (exact) mass is 358 g/mol. The minimum Gasteiger partial charge on any atom is -0.489 e. The van der Waals surface area contributed by atoms with Crippen LogP contribution in [0, 0.1) is 0 Å². The van der Waals surface area contributed by atoms with Crippen LogP contribution in [-0.2, 0) is 11.4 Å². The van der Waals surface area contributed by atoms with Gasteiger partial charge in [-0.2, -0.15) is 0 Å². The summed E-state index contributed by atoms with van der Waals surface area (Å²) in [5.74, 6) is 0.313. The molecule has 0 unspecified atom stereocenters. The van der Waals surface area contributed by atoms with Gasteiger partial charge in [0, 0.05) is 16.6 Å². The molecule has 0 aromatic heterocycles. The molecule has 0 saturated heterocycles. The molecule has 5 nitrogen and oxygen atoms in total. The molecule has 2 amide bonds. The molecular formula is C19H19ClN2O3. The van der Waals surface area contributed by atoms with Crippen LogP contribution in [0.3, 0.4) is 0 Å². The van der Waals surface area contributed by atoms with Crippen LogP contribution < -0.4 is 15.4 Å². The lowest BCUT2D eigenvalue weighted by molar-refractivity contribution is -0.120. The maximum Gasteiger partial charge on any atom is 0.251 e. The standard InChI is InChI=1S/C19H19ClN2O3/c20-15-5-9-17(10-6-15)25-12-13-1-3-14(4-2-13)19(24)21-11-18(23)22-16-7-8-16/h1-6,9-10,16H,7-8,11-12H2,(H,21,24)(H,22,23). The van der Waals surface area contributed by atoms with Crippen LogP contribution in [0.25, 0.3) is 0 Å². The number of carbonyl (C=O) groups is 2. The molecule has 2 aromatic rings.